The summed E-state index contributed by atoms with van der Waals surface area (Å²) in [5, 5.41) is 28.0. The van der Waals surface area contributed by atoms with E-state index in [1.54, 1.807) is 23.5 Å². The lowest BCUT2D eigenvalue weighted by atomic mass is 10.2. The predicted octanol–water partition coefficient (Wildman–Crippen LogP) is 1.94. The lowest BCUT2D eigenvalue weighted by Crippen LogP contribution is -2.40. The van der Waals surface area contributed by atoms with Crippen molar-refractivity contribution in [2.45, 2.75) is 13.0 Å². The van der Waals surface area contributed by atoms with E-state index in [4.69, 9.17) is 9.84 Å². The molecule has 0 aliphatic heterocycles. The van der Waals surface area contributed by atoms with Gasteiger partial charge < -0.3 is 20.5 Å². The molecule has 9 heteroatoms. The Kier molecular flexibility index (Phi) is 9.25. The van der Waals surface area contributed by atoms with Gasteiger partial charge in [-0.2, -0.15) is 0 Å². The molecule has 0 amide bonds. The fourth-order valence-electron chi connectivity index (χ4n) is 2.23. The van der Waals surface area contributed by atoms with Gasteiger partial charge in [0.25, 0.3) is 5.69 Å². The molecule has 0 saturated heterocycles. The summed E-state index contributed by atoms with van der Waals surface area (Å²) in [7, 11) is 0. The fraction of sp³-hybridized carbons (Fsp3) is 0.389. The van der Waals surface area contributed by atoms with E-state index in [1.807, 2.05) is 6.07 Å². The van der Waals surface area contributed by atoms with E-state index in [0.29, 0.717) is 32.3 Å². The number of nitro groups is 1. The summed E-state index contributed by atoms with van der Waals surface area (Å²) in [5.41, 5.74) is 0.952. The molecular formula is C18H24N4O4S. The minimum Gasteiger partial charge on any atom is -0.394 e. The molecule has 0 aliphatic rings. The van der Waals surface area contributed by atoms with Crippen molar-refractivity contribution in [2.24, 2.45) is 4.99 Å². The summed E-state index contributed by atoms with van der Waals surface area (Å²) in [6.45, 7) is 2.48. The van der Waals surface area contributed by atoms with Crippen molar-refractivity contribution in [2.75, 3.05) is 32.9 Å². The number of nitrogens with zero attached hydrogens (tertiary/aromatic N) is 2. The highest BCUT2D eigenvalue weighted by Crippen LogP contribution is 2.12. The van der Waals surface area contributed by atoms with Gasteiger partial charge in [-0.05, 0) is 23.4 Å². The third-order valence-electron chi connectivity index (χ3n) is 3.59. The second kappa shape index (κ2) is 12.0. The molecule has 146 valence electrons. The summed E-state index contributed by atoms with van der Waals surface area (Å²) in [6, 6.07) is 10.5. The van der Waals surface area contributed by atoms with Crippen LogP contribution in [0.2, 0.25) is 0 Å². The van der Waals surface area contributed by atoms with Crippen LogP contribution in [0.3, 0.4) is 0 Å². The second-order valence-electron chi connectivity index (χ2n) is 5.61. The molecule has 0 unspecified atom stereocenters. The molecule has 1 aromatic heterocycles. The molecule has 8 nitrogen and oxygen atoms in total. The number of hydrogen-bond acceptors (Lipinski definition) is 6. The highest BCUT2D eigenvalue weighted by Gasteiger charge is 2.04. The zero-order valence-electron chi connectivity index (χ0n) is 15.0. The second-order valence-corrected chi connectivity index (χ2v) is 6.64. The normalized spacial score (nSPS) is 11.4. The monoisotopic (exact) mass is 392 g/mol. The van der Waals surface area contributed by atoms with Gasteiger partial charge in [0.05, 0.1) is 31.3 Å². The Bertz CT molecular complexity index is 705. The zero-order chi connectivity index (χ0) is 19.3. The van der Waals surface area contributed by atoms with Crippen molar-refractivity contribution >= 4 is 23.0 Å². The topological polar surface area (TPSA) is 109 Å². The van der Waals surface area contributed by atoms with E-state index in [1.165, 1.54) is 17.0 Å². The number of aliphatic hydroxyl groups is 1. The summed E-state index contributed by atoms with van der Waals surface area (Å²) >= 11 is 1.72. The first-order valence-electron chi connectivity index (χ1n) is 8.65. The number of aliphatic imine (C=N–C) groups is 1. The molecule has 27 heavy (non-hydrogen) atoms. The number of non-ortho nitro benzene ring substituents is 1. The summed E-state index contributed by atoms with van der Waals surface area (Å²) in [6.07, 6.45) is 0.900. The molecule has 0 fully saturated rings. The van der Waals surface area contributed by atoms with Crippen LogP contribution in [0.4, 0.5) is 5.69 Å². The first kappa shape index (κ1) is 20.8. The van der Waals surface area contributed by atoms with E-state index in [9.17, 15) is 10.1 Å². The summed E-state index contributed by atoms with van der Waals surface area (Å²) in [4.78, 5) is 16.1. The molecule has 0 aliphatic carbocycles. The molecule has 0 saturated carbocycles. The summed E-state index contributed by atoms with van der Waals surface area (Å²) < 4.78 is 5.24. The predicted molar refractivity (Wildman–Crippen MR) is 106 cm³/mol. The van der Waals surface area contributed by atoms with E-state index in [2.05, 4.69) is 27.1 Å². The molecule has 0 atom stereocenters. The van der Waals surface area contributed by atoms with Crippen molar-refractivity contribution in [1.82, 2.24) is 10.6 Å². The third-order valence-corrected chi connectivity index (χ3v) is 4.52. The Morgan fingerprint density at radius 1 is 1.19 bits per heavy atom. The van der Waals surface area contributed by atoms with Crippen LogP contribution in [-0.4, -0.2) is 48.9 Å². The molecule has 0 radical (unpaired) electrons. The van der Waals surface area contributed by atoms with Gasteiger partial charge in [-0.1, -0.05) is 18.2 Å². The number of nitro benzene ring substituents is 1. The summed E-state index contributed by atoms with van der Waals surface area (Å²) in [5.74, 6) is 0.650. The van der Waals surface area contributed by atoms with Crippen LogP contribution in [0, 0.1) is 10.1 Å². The number of guanidine groups is 1. The first-order chi connectivity index (χ1) is 13.2. The third kappa shape index (κ3) is 8.16. The molecule has 3 N–H and O–H groups in total. The fourth-order valence-corrected chi connectivity index (χ4v) is 2.94. The van der Waals surface area contributed by atoms with Gasteiger partial charge in [0.1, 0.15) is 0 Å². The smallest absolute Gasteiger partial charge is 0.269 e. The van der Waals surface area contributed by atoms with E-state index < -0.39 is 4.92 Å². The van der Waals surface area contributed by atoms with Crippen LogP contribution < -0.4 is 10.6 Å². The molecular weight excluding hydrogens is 368 g/mol. The van der Waals surface area contributed by atoms with Gasteiger partial charge in [-0.25, -0.2) is 4.99 Å². The largest absolute Gasteiger partial charge is 0.394 e. The van der Waals surface area contributed by atoms with Crippen LogP contribution >= 0.6 is 11.3 Å². The average molecular weight is 392 g/mol. The van der Waals surface area contributed by atoms with Gasteiger partial charge in [0.2, 0.25) is 0 Å². The molecule has 1 heterocycles. The maximum Gasteiger partial charge on any atom is 0.269 e. The highest BCUT2D eigenvalue weighted by atomic mass is 32.1. The Morgan fingerprint density at radius 2 is 1.96 bits per heavy atom. The minimum atomic E-state index is -0.418. The van der Waals surface area contributed by atoms with Gasteiger partial charge in [0.15, 0.2) is 5.96 Å². The number of thiophene rings is 1. The van der Waals surface area contributed by atoms with Crippen molar-refractivity contribution in [3.63, 3.8) is 0 Å². The molecule has 2 aromatic rings. The SMILES string of the molecule is O=[N+]([O-])c1ccc(CN=C(NCCOCCO)NCCc2cccs2)cc1. The number of rotatable bonds is 11. The standard InChI is InChI=1S/C18H24N4O4S/c23-10-12-26-11-9-20-18(19-8-7-17-2-1-13-27-17)21-14-15-3-5-16(6-4-15)22(24)25/h1-6,13,23H,7-12,14H2,(H2,19,20,21). The van der Waals surface area contributed by atoms with E-state index >= 15 is 0 Å². The first-order valence-corrected chi connectivity index (χ1v) is 9.53. The average Bonchev–Trinajstić information content (AvgIpc) is 3.19. The Labute approximate surface area is 162 Å². The van der Waals surface area contributed by atoms with Gasteiger partial charge in [-0.15, -0.1) is 11.3 Å². The van der Waals surface area contributed by atoms with Crippen LogP contribution in [0.25, 0.3) is 0 Å². The number of benzene rings is 1. The quantitative estimate of drug-likeness (QED) is 0.177. The zero-order valence-corrected chi connectivity index (χ0v) is 15.8. The Hall–Kier alpha value is -2.49. The van der Waals surface area contributed by atoms with Crippen LogP contribution in [-0.2, 0) is 17.7 Å². The Morgan fingerprint density at radius 3 is 2.63 bits per heavy atom. The van der Waals surface area contributed by atoms with Crippen LogP contribution in [0.1, 0.15) is 10.4 Å². The molecule has 1 aromatic carbocycles. The minimum absolute atomic E-state index is 0.000153. The maximum atomic E-state index is 10.7. The lowest BCUT2D eigenvalue weighted by molar-refractivity contribution is -0.384. The van der Waals surface area contributed by atoms with Gasteiger partial charge >= 0.3 is 0 Å². The number of ether oxygens (including phenoxy) is 1. The van der Waals surface area contributed by atoms with Crippen molar-refractivity contribution in [3.05, 3.63) is 62.3 Å². The van der Waals surface area contributed by atoms with Crippen molar-refractivity contribution in [1.29, 1.82) is 0 Å². The number of aliphatic hydroxyl groups excluding tert-OH is 1. The van der Waals surface area contributed by atoms with E-state index in [0.717, 1.165) is 18.5 Å². The van der Waals surface area contributed by atoms with Crippen molar-refractivity contribution < 1.29 is 14.8 Å². The molecule has 0 spiro atoms. The lowest BCUT2D eigenvalue weighted by Gasteiger charge is -2.12. The van der Waals surface area contributed by atoms with Gasteiger partial charge in [-0.3, -0.25) is 10.1 Å². The molecule has 0 bridgehead atoms. The van der Waals surface area contributed by atoms with Crippen LogP contribution in [0.5, 0.6) is 0 Å². The Balaban J connectivity index is 1.87. The van der Waals surface area contributed by atoms with Crippen molar-refractivity contribution in [3.8, 4) is 0 Å². The molecule has 2 rings (SSSR count). The maximum absolute atomic E-state index is 10.7. The highest BCUT2D eigenvalue weighted by molar-refractivity contribution is 7.09. The van der Waals surface area contributed by atoms with Crippen LogP contribution in [0.15, 0.2) is 46.8 Å². The van der Waals surface area contributed by atoms with Gasteiger partial charge in [0, 0.05) is 30.1 Å². The number of hydrogen-bond donors (Lipinski definition) is 3. The number of nitrogens with one attached hydrogen (secondary N) is 2. The van der Waals surface area contributed by atoms with E-state index in [-0.39, 0.29) is 12.3 Å².